The number of amides is 1. The van der Waals surface area contributed by atoms with Crippen LogP contribution in [0.1, 0.15) is 13.3 Å². The number of carbonyl (C=O) groups excluding carboxylic acids is 1. The van der Waals surface area contributed by atoms with Crippen LogP contribution in [0.4, 0.5) is 0 Å². The second-order valence-corrected chi connectivity index (χ2v) is 4.22. The number of hydrogen-bond acceptors (Lipinski definition) is 3. The summed E-state index contributed by atoms with van der Waals surface area (Å²) in [5.41, 5.74) is 5.41. The maximum atomic E-state index is 11.7. The van der Waals surface area contributed by atoms with Gasteiger partial charge < -0.3 is 15.7 Å². The Hall–Kier alpha value is -0.680. The van der Waals surface area contributed by atoms with Gasteiger partial charge in [-0.15, -0.1) is 0 Å². The summed E-state index contributed by atoms with van der Waals surface area (Å²) in [7, 11) is 0. The smallest absolute Gasteiger partial charge is 0.232 e. The third-order valence-corrected chi connectivity index (χ3v) is 3.01. The van der Waals surface area contributed by atoms with E-state index in [2.05, 4.69) is 0 Å². The first kappa shape index (κ1) is 11.4. The Morgan fingerprint density at radius 2 is 2.43 bits per heavy atom. The van der Waals surface area contributed by atoms with Crippen LogP contribution in [0.5, 0.6) is 0 Å². The molecule has 1 fully saturated rings. The second kappa shape index (κ2) is 4.70. The van der Waals surface area contributed by atoms with Crippen molar-refractivity contribution in [2.45, 2.75) is 13.3 Å². The van der Waals surface area contributed by atoms with E-state index in [-0.39, 0.29) is 29.3 Å². The number of hydrogen-bond donors (Lipinski definition) is 2. The predicted molar refractivity (Wildman–Crippen MR) is 57.7 cm³/mol. The summed E-state index contributed by atoms with van der Waals surface area (Å²) in [6.07, 6.45) is 0.867. The lowest BCUT2D eigenvalue weighted by molar-refractivity contribution is -0.131. The fourth-order valence-corrected chi connectivity index (χ4v) is 1.68. The van der Waals surface area contributed by atoms with E-state index in [1.807, 2.05) is 0 Å². The molecular weight excluding hydrogens is 200 g/mol. The number of aliphatic hydroxyl groups is 1. The van der Waals surface area contributed by atoms with Gasteiger partial charge in [0.05, 0.1) is 10.9 Å². The summed E-state index contributed by atoms with van der Waals surface area (Å²) in [5, 5.41) is 8.92. The largest absolute Gasteiger partial charge is 0.396 e. The highest BCUT2D eigenvalue weighted by Crippen LogP contribution is 2.17. The number of nitrogens with zero attached hydrogens (tertiary/aromatic N) is 1. The van der Waals surface area contributed by atoms with Gasteiger partial charge in [0.1, 0.15) is 0 Å². The average Bonchev–Trinajstić information content (AvgIpc) is 2.63. The van der Waals surface area contributed by atoms with Crippen molar-refractivity contribution in [1.29, 1.82) is 0 Å². The zero-order valence-electron chi connectivity index (χ0n) is 8.27. The average molecular weight is 216 g/mol. The number of carbonyl (C=O) groups is 1. The maximum Gasteiger partial charge on any atom is 0.232 e. The number of nitrogens with two attached hydrogens (primary N) is 1. The summed E-state index contributed by atoms with van der Waals surface area (Å²) in [6, 6.07) is 0. The van der Waals surface area contributed by atoms with Crippen molar-refractivity contribution in [3.05, 3.63) is 0 Å². The summed E-state index contributed by atoms with van der Waals surface area (Å²) < 4.78 is 0. The third kappa shape index (κ3) is 2.42. The SMILES string of the molecule is CC(C(=O)N1CCC(CO)C1)C(N)=S. The molecule has 5 heteroatoms. The Kier molecular flexibility index (Phi) is 3.83. The number of thiocarbonyl (C=S) groups is 1. The summed E-state index contributed by atoms with van der Waals surface area (Å²) in [6.45, 7) is 3.20. The lowest BCUT2D eigenvalue weighted by Gasteiger charge is -2.19. The second-order valence-electron chi connectivity index (χ2n) is 3.75. The van der Waals surface area contributed by atoms with Crippen molar-refractivity contribution >= 4 is 23.1 Å². The minimum Gasteiger partial charge on any atom is -0.396 e. The predicted octanol–water partition coefficient (Wildman–Crippen LogP) is -0.251. The molecule has 1 heterocycles. The lowest BCUT2D eigenvalue weighted by atomic mass is 10.1. The fraction of sp³-hybridized carbons (Fsp3) is 0.778. The van der Waals surface area contributed by atoms with E-state index in [4.69, 9.17) is 23.1 Å². The highest BCUT2D eigenvalue weighted by Gasteiger charge is 2.29. The Morgan fingerprint density at radius 3 is 2.86 bits per heavy atom. The molecule has 1 saturated heterocycles. The van der Waals surface area contributed by atoms with Crippen molar-refractivity contribution in [3.8, 4) is 0 Å². The minimum absolute atomic E-state index is 0.0200. The van der Waals surface area contributed by atoms with Gasteiger partial charge in [-0.1, -0.05) is 12.2 Å². The van der Waals surface area contributed by atoms with Gasteiger partial charge in [-0.25, -0.2) is 0 Å². The van der Waals surface area contributed by atoms with Gasteiger partial charge in [-0.3, -0.25) is 4.79 Å². The Labute approximate surface area is 89.1 Å². The molecule has 1 amide bonds. The van der Waals surface area contributed by atoms with E-state index >= 15 is 0 Å². The fourth-order valence-electron chi connectivity index (χ4n) is 1.58. The molecule has 2 unspecified atom stereocenters. The van der Waals surface area contributed by atoms with Gasteiger partial charge in [-0.2, -0.15) is 0 Å². The Bertz CT molecular complexity index is 245. The molecule has 4 nitrogen and oxygen atoms in total. The Balaban J connectivity index is 2.51. The normalized spacial score (nSPS) is 23.6. The van der Waals surface area contributed by atoms with E-state index in [1.165, 1.54) is 0 Å². The first-order chi connectivity index (χ1) is 6.56. The number of likely N-dealkylation sites (tertiary alicyclic amines) is 1. The standard InChI is InChI=1S/C9H16N2O2S/c1-6(8(10)14)9(13)11-3-2-7(4-11)5-12/h6-7,12H,2-5H2,1H3,(H2,10,14). The van der Waals surface area contributed by atoms with E-state index in [0.717, 1.165) is 6.42 Å². The van der Waals surface area contributed by atoms with Gasteiger partial charge in [-0.05, 0) is 13.3 Å². The molecule has 0 bridgehead atoms. The van der Waals surface area contributed by atoms with E-state index in [0.29, 0.717) is 13.1 Å². The summed E-state index contributed by atoms with van der Waals surface area (Å²) in [5.74, 6) is -0.187. The van der Waals surface area contributed by atoms with Gasteiger partial charge >= 0.3 is 0 Å². The van der Waals surface area contributed by atoms with Crippen molar-refractivity contribution in [1.82, 2.24) is 4.90 Å². The Morgan fingerprint density at radius 1 is 1.79 bits per heavy atom. The molecule has 0 aromatic carbocycles. The van der Waals surface area contributed by atoms with E-state index in [1.54, 1.807) is 11.8 Å². The monoisotopic (exact) mass is 216 g/mol. The van der Waals surface area contributed by atoms with E-state index < -0.39 is 0 Å². The highest BCUT2D eigenvalue weighted by molar-refractivity contribution is 7.80. The molecule has 80 valence electrons. The van der Waals surface area contributed by atoms with Crippen molar-refractivity contribution < 1.29 is 9.90 Å². The molecule has 14 heavy (non-hydrogen) atoms. The third-order valence-electron chi connectivity index (χ3n) is 2.65. The molecule has 0 aromatic heterocycles. The van der Waals surface area contributed by atoms with Crippen molar-refractivity contribution in [2.24, 2.45) is 17.6 Å². The van der Waals surface area contributed by atoms with Crippen LogP contribution in [0, 0.1) is 11.8 Å². The minimum atomic E-state index is -0.387. The molecule has 1 rings (SSSR count). The first-order valence-electron chi connectivity index (χ1n) is 4.75. The van der Waals surface area contributed by atoms with Gasteiger partial charge in [0, 0.05) is 25.6 Å². The van der Waals surface area contributed by atoms with E-state index in [9.17, 15) is 4.79 Å². The van der Waals surface area contributed by atoms with Gasteiger partial charge in [0.2, 0.25) is 5.91 Å². The molecule has 2 atom stereocenters. The van der Waals surface area contributed by atoms with Crippen LogP contribution in [-0.2, 0) is 4.79 Å². The summed E-state index contributed by atoms with van der Waals surface area (Å²) in [4.78, 5) is 13.7. The molecule has 3 N–H and O–H groups in total. The molecule has 0 saturated carbocycles. The number of aliphatic hydroxyl groups excluding tert-OH is 1. The van der Waals surface area contributed by atoms with Gasteiger partial charge in [0.25, 0.3) is 0 Å². The molecule has 0 spiro atoms. The molecule has 0 aliphatic carbocycles. The van der Waals surface area contributed by atoms with Gasteiger partial charge in [0.15, 0.2) is 0 Å². The highest BCUT2D eigenvalue weighted by atomic mass is 32.1. The summed E-state index contributed by atoms with van der Waals surface area (Å²) >= 11 is 4.77. The van der Waals surface area contributed by atoms with Crippen LogP contribution in [0.15, 0.2) is 0 Å². The first-order valence-corrected chi connectivity index (χ1v) is 5.16. The zero-order valence-corrected chi connectivity index (χ0v) is 9.09. The molecule has 1 aliphatic heterocycles. The van der Waals surface area contributed by atoms with Crippen LogP contribution < -0.4 is 5.73 Å². The van der Waals surface area contributed by atoms with Crippen LogP contribution in [0.2, 0.25) is 0 Å². The molecule has 0 radical (unpaired) electrons. The molecule has 1 aliphatic rings. The van der Waals surface area contributed by atoms with Crippen LogP contribution in [-0.4, -0.2) is 40.6 Å². The lowest BCUT2D eigenvalue weighted by Crippen LogP contribution is -2.38. The zero-order chi connectivity index (χ0) is 10.7. The van der Waals surface area contributed by atoms with Crippen LogP contribution in [0.3, 0.4) is 0 Å². The molecular formula is C9H16N2O2S. The number of rotatable bonds is 3. The maximum absolute atomic E-state index is 11.7. The molecule has 0 aromatic rings. The van der Waals surface area contributed by atoms with Crippen molar-refractivity contribution in [2.75, 3.05) is 19.7 Å². The quantitative estimate of drug-likeness (QED) is 0.638. The topological polar surface area (TPSA) is 66.6 Å². The van der Waals surface area contributed by atoms with Crippen LogP contribution in [0.25, 0.3) is 0 Å². The van der Waals surface area contributed by atoms with Crippen molar-refractivity contribution in [3.63, 3.8) is 0 Å². The van der Waals surface area contributed by atoms with Crippen LogP contribution >= 0.6 is 12.2 Å².